The lowest BCUT2D eigenvalue weighted by atomic mass is 10.1. The Morgan fingerprint density at radius 2 is 1.53 bits per heavy atom. The Balaban J connectivity index is 1.51. The number of halogens is 3. The monoisotopic (exact) mass is 513 g/mol. The van der Waals surface area contributed by atoms with Crippen molar-refractivity contribution < 1.29 is 14.4 Å². The molecule has 3 aromatic rings. The van der Waals surface area contributed by atoms with Crippen LogP contribution in [0.5, 0.6) is 0 Å². The van der Waals surface area contributed by atoms with Crippen molar-refractivity contribution in [3.05, 3.63) is 98.1 Å². The van der Waals surface area contributed by atoms with E-state index in [-0.39, 0.29) is 21.7 Å². The molecule has 0 spiro atoms. The van der Waals surface area contributed by atoms with Gasteiger partial charge < -0.3 is 10.6 Å². The minimum atomic E-state index is -0.600. The molecule has 1 heterocycles. The van der Waals surface area contributed by atoms with E-state index >= 15 is 0 Å². The van der Waals surface area contributed by atoms with Gasteiger partial charge in [-0.05, 0) is 67.4 Å². The van der Waals surface area contributed by atoms with Crippen LogP contribution in [0.2, 0.25) is 10.0 Å². The number of amides is 3. The van der Waals surface area contributed by atoms with E-state index in [0.29, 0.717) is 27.6 Å². The molecule has 0 unspecified atom stereocenters. The van der Waals surface area contributed by atoms with E-state index in [2.05, 4.69) is 10.6 Å². The highest BCUT2D eigenvalue weighted by atomic mass is 35.5. The molecule has 1 aliphatic rings. The van der Waals surface area contributed by atoms with Gasteiger partial charge in [-0.1, -0.05) is 53.0 Å². The lowest BCUT2D eigenvalue weighted by Crippen LogP contribution is -2.33. The summed E-state index contributed by atoms with van der Waals surface area (Å²) in [5.41, 5.74) is 3.43. The maximum Gasteiger partial charge on any atom is 0.283 e. The molecule has 9 heteroatoms. The first-order chi connectivity index (χ1) is 16.2. The van der Waals surface area contributed by atoms with E-state index in [4.69, 9.17) is 34.8 Å². The van der Waals surface area contributed by atoms with Gasteiger partial charge >= 0.3 is 0 Å². The van der Waals surface area contributed by atoms with Crippen molar-refractivity contribution in [2.45, 2.75) is 13.8 Å². The SMILES string of the molecule is Cc1cccc(N2C(=O)C(Cl)=C(Nc3ccc(C(=O)Nc4cccc(Cl)c4Cl)cc3)C2=O)c1C. The van der Waals surface area contributed by atoms with Crippen molar-refractivity contribution in [3.8, 4) is 0 Å². The minimum absolute atomic E-state index is 0.0320. The summed E-state index contributed by atoms with van der Waals surface area (Å²) in [6.07, 6.45) is 0. The number of imide groups is 1. The van der Waals surface area contributed by atoms with Gasteiger partial charge in [-0.15, -0.1) is 0 Å². The van der Waals surface area contributed by atoms with Crippen LogP contribution in [0, 0.1) is 13.8 Å². The molecule has 172 valence electrons. The fraction of sp³-hybridized carbons (Fsp3) is 0.0800. The van der Waals surface area contributed by atoms with Crippen molar-refractivity contribution in [1.29, 1.82) is 0 Å². The fourth-order valence-corrected chi connectivity index (χ4v) is 4.01. The molecule has 2 N–H and O–H groups in total. The van der Waals surface area contributed by atoms with Gasteiger partial charge in [0.1, 0.15) is 10.7 Å². The predicted molar refractivity (Wildman–Crippen MR) is 136 cm³/mol. The van der Waals surface area contributed by atoms with Crippen LogP contribution in [0.25, 0.3) is 0 Å². The Morgan fingerprint density at radius 1 is 0.853 bits per heavy atom. The minimum Gasteiger partial charge on any atom is -0.350 e. The van der Waals surface area contributed by atoms with Crippen molar-refractivity contribution in [2.75, 3.05) is 15.5 Å². The van der Waals surface area contributed by atoms with Gasteiger partial charge in [0.05, 0.1) is 21.4 Å². The Kier molecular flexibility index (Phi) is 6.66. The van der Waals surface area contributed by atoms with E-state index in [0.717, 1.165) is 16.0 Å². The zero-order chi connectivity index (χ0) is 24.6. The fourth-order valence-electron chi connectivity index (χ4n) is 3.45. The number of carbonyl (C=O) groups is 3. The average molecular weight is 515 g/mol. The number of nitrogens with one attached hydrogen (secondary N) is 2. The molecule has 0 fully saturated rings. The van der Waals surface area contributed by atoms with Gasteiger partial charge in [0.15, 0.2) is 0 Å². The summed E-state index contributed by atoms with van der Waals surface area (Å²) in [5.74, 6) is -1.54. The first kappa shape index (κ1) is 23.8. The molecule has 0 bridgehead atoms. The number of rotatable bonds is 5. The largest absolute Gasteiger partial charge is 0.350 e. The quantitative estimate of drug-likeness (QED) is 0.392. The van der Waals surface area contributed by atoms with Crippen molar-refractivity contribution in [1.82, 2.24) is 0 Å². The molecule has 6 nitrogen and oxygen atoms in total. The van der Waals surface area contributed by atoms with Crippen LogP contribution in [0.15, 0.2) is 71.4 Å². The summed E-state index contributed by atoms with van der Waals surface area (Å²) >= 11 is 18.3. The molecule has 0 aliphatic carbocycles. The molecule has 0 aromatic heterocycles. The Labute approximate surface area is 211 Å². The highest BCUT2D eigenvalue weighted by Crippen LogP contribution is 2.33. The second-order valence-corrected chi connectivity index (χ2v) is 8.77. The second-order valence-electron chi connectivity index (χ2n) is 7.61. The van der Waals surface area contributed by atoms with E-state index in [1.165, 1.54) is 0 Å². The van der Waals surface area contributed by atoms with Crippen LogP contribution >= 0.6 is 34.8 Å². The second kappa shape index (κ2) is 9.50. The standard InChI is InChI=1S/C25H18Cl3N3O3/c1-13-5-3-8-19(14(13)2)31-24(33)21(28)22(25(31)34)29-16-11-9-15(10-12-16)23(32)30-18-7-4-6-17(26)20(18)27/h3-12,29H,1-2H3,(H,30,32). The Morgan fingerprint density at radius 3 is 2.24 bits per heavy atom. The van der Waals surface area contributed by atoms with E-state index in [1.54, 1.807) is 54.6 Å². The summed E-state index contributed by atoms with van der Waals surface area (Å²) in [5, 5.41) is 5.97. The summed E-state index contributed by atoms with van der Waals surface area (Å²) < 4.78 is 0. The zero-order valence-corrected chi connectivity index (χ0v) is 20.3. The molecule has 1 aliphatic heterocycles. The number of carbonyl (C=O) groups excluding carboxylic acids is 3. The summed E-state index contributed by atoms with van der Waals surface area (Å²) in [4.78, 5) is 39.4. The maximum absolute atomic E-state index is 13.0. The molecule has 0 saturated heterocycles. The third-order valence-corrected chi connectivity index (χ3v) is 6.63. The van der Waals surface area contributed by atoms with Crippen LogP contribution in [-0.4, -0.2) is 17.7 Å². The molecule has 0 radical (unpaired) electrons. The Hall–Kier alpha value is -3.32. The van der Waals surface area contributed by atoms with Crippen molar-refractivity contribution >= 4 is 69.6 Å². The van der Waals surface area contributed by atoms with Crippen LogP contribution < -0.4 is 15.5 Å². The van der Waals surface area contributed by atoms with Gasteiger partial charge in [-0.25, -0.2) is 4.90 Å². The number of hydrogen-bond donors (Lipinski definition) is 2. The number of anilines is 3. The van der Waals surface area contributed by atoms with Gasteiger partial charge in [0.25, 0.3) is 17.7 Å². The molecule has 0 saturated carbocycles. The summed E-state index contributed by atoms with van der Waals surface area (Å²) in [6, 6.07) is 16.6. The molecule has 3 amide bonds. The lowest BCUT2D eigenvalue weighted by Gasteiger charge is -2.18. The normalized spacial score (nSPS) is 13.5. The predicted octanol–water partition coefficient (Wildman–Crippen LogP) is 6.30. The van der Waals surface area contributed by atoms with E-state index < -0.39 is 11.8 Å². The zero-order valence-electron chi connectivity index (χ0n) is 18.1. The molecule has 4 rings (SSSR count). The van der Waals surface area contributed by atoms with Gasteiger partial charge in [-0.3, -0.25) is 14.4 Å². The smallest absolute Gasteiger partial charge is 0.283 e. The average Bonchev–Trinajstić information content (AvgIpc) is 3.02. The number of aryl methyl sites for hydroxylation is 1. The van der Waals surface area contributed by atoms with Crippen molar-refractivity contribution in [3.63, 3.8) is 0 Å². The third-order valence-electron chi connectivity index (χ3n) is 5.46. The number of nitrogens with zero attached hydrogens (tertiary/aromatic N) is 1. The first-order valence-electron chi connectivity index (χ1n) is 10.2. The van der Waals surface area contributed by atoms with Crippen molar-refractivity contribution in [2.24, 2.45) is 0 Å². The molecule has 3 aromatic carbocycles. The topological polar surface area (TPSA) is 78.5 Å². The number of hydrogen-bond acceptors (Lipinski definition) is 4. The van der Waals surface area contributed by atoms with Gasteiger partial charge in [0, 0.05) is 11.3 Å². The molecule has 34 heavy (non-hydrogen) atoms. The van der Waals surface area contributed by atoms with E-state index in [9.17, 15) is 14.4 Å². The highest BCUT2D eigenvalue weighted by Gasteiger charge is 2.39. The Bertz CT molecular complexity index is 1370. The van der Waals surface area contributed by atoms with Gasteiger partial charge in [0.2, 0.25) is 0 Å². The molecule has 0 atom stereocenters. The first-order valence-corrected chi connectivity index (χ1v) is 11.3. The lowest BCUT2D eigenvalue weighted by molar-refractivity contribution is -0.120. The third kappa shape index (κ3) is 4.40. The molecular weight excluding hydrogens is 497 g/mol. The van der Waals surface area contributed by atoms with Crippen LogP contribution in [0.1, 0.15) is 21.5 Å². The number of benzene rings is 3. The highest BCUT2D eigenvalue weighted by molar-refractivity contribution is 6.53. The van der Waals surface area contributed by atoms with Gasteiger partial charge in [-0.2, -0.15) is 0 Å². The van der Waals surface area contributed by atoms with Crippen LogP contribution in [0.3, 0.4) is 0 Å². The summed E-state index contributed by atoms with van der Waals surface area (Å²) in [6.45, 7) is 3.74. The summed E-state index contributed by atoms with van der Waals surface area (Å²) in [7, 11) is 0. The molecular formula is C25H18Cl3N3O3. The van der Waals surface area contributed by atoms with Crippen LogP contribution in [-0.2, 0) is 9.59 Å². The maximum atomic E-state index is 13.0. The van der Waals surface area contributed by atoms with E-state index in [1.807, 2.05) is 19.9 Å². The van der Waals surface area contributed by atoms with Crippen LogP contribution in [0.4, 0.5) is 17.1 Å².